The van der Waals surface area contributed by atoms with Crippen LogP contribution in [-0.2, 0) is 4.79 Å². The Labute approximate surface area is 266 Å². The molecule has 7 aromatic rings. The lowest BCUT2D eigenvalue weighted by atomic mass is 10.1. The number of phenolic OH excluding ortho intramolecular Hbond substituents is 2. The number of aromatic hydroxyl groups is 2. The van der Waals surface area contributed by atoms with Gasteiger partial charge in [-0.1, -0.05) is 42.5 Å². The molecule has 2 aromatic heterocycles. The minimum atomic E-state index is -0.193. The molecule has 2 amide bonds. The number of anilines is 2. The fraction of sp³-hybridized carbons (Fsp3) is 0.0286. The molecule has 0 aliphatic carbocycles. The van der Waals surface area contributed by atoms with Crippen molar-refractivity contribution in [3.8, 4) is 32.6 Å². The first-order valence-electron chi connectivity index (χ1n) is 13.9. The Bertz CT molecular complexity index is 2090. The number of hydrogen-bond acceptors (Lipinski definition) is 8. The number of thiazole rings is 2. The highest BCUT2D eigenvalue weighted by Gasteiger charge is 2.14. The number of aromatic nitrogens is 2. The Kier molecular flexibility index (Phi) is 8.50. The van der Waals surface area contributed by atoms with Crippen molar-refractivity contribution in [3.05, 3.63) is 121 Å². The fourth-order valence-corrected chi connectivity index (χ4v) is 6.52. The number of carbonyl (C=O) groups excluding carboxylic acids is 2. The summed E-state index contributed by atoms with van der Waals surface area (Å²) in [5.74, 6) is -0.0533. The molecule has 2 heterocycles. The van der Waals surface area contributed by atoms with Crippen molar-refractivity contribution in [3.63, 3.8) is 0 Å². The van der Waals surface area contributed by atoms with E-state index in [1.807, 2.05) is 66.7 Å². The molecule has 0 aliphatic heterocycles. The Morgan fingerprint density at radius 1 is 0.600 bits per heavy atom. The SMILES string of the molecule is CC(=O)Nc1ccc(O)c(-c2nc3ccccc3s2)c1.O=C(Nc1ccc(O)c(-c2nc3ccccc3s2)c1)c1ccccc1. The molecule has 5 aromatic carbocycles. The number of benzene rings is 5. The topological polar surface area (TPSA) is 124 Å². The molecule has 0 spiro atoms. The third-order valence-electron chi connectivity index (χ3n) is 6.66. The second kappa shape index (κ2) is 13.0. The summed E-state index contributed by atoms with van der Waals surface area (Å²) in [5.41, 5.74) is 4.85. The second-order valence-electron chi connectivity index (χ2n) is 9.94. The van der Waals surface area contributed by atoms with Crippen molar-refractivity contribution in [2.24, 2.45) is 0 Å². The highest BCUT2D eigenvalue weighted by molar-refractivity contribution is 7.22. The van der Waals surface area contributed by atoms with Gasteiger partial charge in [0.2, 0.25) is 5.91 Å². The van der Waals surface area contributed by atoms with E-state index < -0.39 is 0 Å². The number of rotatable bonds is 5. The van der Waals surface area contributed by atoms with Gasteiger partial charge in [-0.15, -0.1) is 22.7 Å². The average molecular weight is 631 g/mol. The van der Waals surface area contributed by atoms with Crippen molar-refractivity contribution in [1.29, 1.82) is 0 Å². The van der Waals surface area contributed by atoms with E-state index in [1.165, 1.54) is 29.6 Å². The lowest BCUT2D eigenvalue weighted by molar-refractivity contribution is -0.114. The van der Waals surface area contributed by atoms with Crippen LogP contribution in [0.3, 0.4) is 0 Å². The van der Waals surface area contributed by atoms with E-state index >= 15 is 0 Å². The molecule has 0 fully saturated rings. The summed E-state index contributed by atoms with van der Waals surface area (Å²) in [5, 5.41) is 27.2. The van der Waals surface area contributed by atoms with E-state index in [9.17, 15) is 19.8 Å². The summed E-state index contributed by atoms with van der Waals surface area (Å²) in [4.78, 5) is 32.5. The predicted octanol–water partition coefficient (Wildman–Crippen LogP) is 8.55. The normalized spacial score (nSPS) is 10.7. The van der Waals surface area contributed by atoms with Crippen LogP contribution in [0.1, 0.15) is 17.3 Å². The third-order valence-corrected chi connectivity index (χ3v) is 8.80. The molecule has 0 saturated heterocycles. The molecular formula is C35H26N4O4S2. The second-order valence-corrected chi connectivity index (χ2v) is 12.0. The van der Waals surface area contributed by atoms with Gasteiger partial charge in [0.05, 0.1) is 31.6 Å². The van der Waals surface area contributed by atoms with Gasteiger partial charge in [-0.2, -0.15) is 0 Å². The summed E-state index contributed by atoms with van der Waals surface area (Å²) in [6.07, 6.45) is 0. The summed E-state index contributed by atoms with van der Waals surface area (Å²) in [7, 11) is 0. The van der Waals surface area contributed by atoms with Crippen LogP contribution >= 0.6 is 22.7 Å². The highest BCUT2D eigenvalue weighted by atomic mass is 32.1. The van der Waals surface area contributed by atoms with Gasteiger partial charge in [0.1, 0.15) is 21.5 Å². The Morgan fingerprint density at radius 2 is 1.07 bits per heavy atom. The van der Waals surface area contributed by atoms with Gasteiger partial charge in [-0.3, -0.25) is 9.59 Å². The molecule has 0 saturated carbocycles. The first kappa shape index (κ1) is 29.5. The molecule has 0 bridgehead atoms. The number of para-hydroxylation sites is 2. The lowest BCUT2D eigenvalue weighted by Gasteiger charge is -2.08. The highest BCUT2D eigenvalue weighted by Crippen LogP contribution is 2.38. The molecule has 0 radical (unpaired) electrons. The van der Waals surface area contributed by atoms with Gasteiger partial charge in [0.25, 0.3) is 5.91 Å². The summed E-state index contributed by atoms with van der Waals surface area (Å²) in [6.45, 7) is 1.45. The predicted molar refractivity (Wildman–Crippen MR) is 182 cm³/mol. The van der Waals surface area contributed by atoms with Crippen LogP contribution in [0.5, 0.6) is 11.5 Å². The van der Waals surface area contributed by atoms with Gasteiger partial charge < -0.3 is 20.8 Å². The van der Waals surface area contributed by atoms with Gasteiger partial charge in [-0.05, 0) is 72.8 Å². The van der Waals surface area contributed by atoms with Crippen LogP contribution in [0.15, 0.2) is 115 Å². The zero-order valence-electron chi connectivity index (χ0n) is 23.9. The zero-order chi connectivity index (χ0) is 31.3. The van der Waals surface area contributed by atoms with Crippen molar-refractivity contribution in [2.75, 3.05) is 10.6 Å². The maximum Gasteiger partial charge on any atom is 0.255 e. The van der Waals surface area contributed by atoms with Crippen LogP contribution in [0.25, 0.3) is 41.6 Å². The van der Waals surface area contributed by atoms with E-state index in [0.717, 1.165) is 30.4 Å². The van der Waals surface area contributed by atoms with Gasteiger partial charge in [-0.25, -0.2) is 9.97 Å². The molecule has 222 valence electrons. The Hall–Kier alpha value is -5.58. The minimum Gasteiger partial charge on any atom is -0.507 e. The molecule has 10 heteroatoms. The number of fused-ring (bicyclic) bond motifs is 2. The molecule has 8 nitrogen and oxygen atoms in total. The van der Waals surface area contributed by atoms with E-state index in [1.54, 1.807) is 48.5 Å². The smallest absolute Gasteiger partial charge is 0.255 e. The Morgan fingerprint density at radius 3 is 1.56 bits per heavy atom. The average Bonchev–Trinajstić information content (AvgIpc) is 3.68. The van der Waals surface area contributed by atoms with Crippen LogP contribution < -0.4 is 10.6 Å². The molecule has 0 aliphatic rings. The molecule has 7 rings (SSSR count). The van der Waals surface area contributed by atoms with Gasteiger partial charge in [0.15, 0.2) is 0 Å². The van der Waals surface area contributed by atoms with E-state index in [-0.39, 0.29) is 23.3 Å². The van der Waals surface area contributed by atoms with E-state index in [2.05, 4.69) is 20.6 Å². The number of nitrogens with one attached hydrogen (secondary N) is 2. The summed E-state index contributed by atoms with van der Waals surface area (Å²) < 4.78 is 2.11. The first-order chi connectivity index (χ1) is 21.8. The van der Waals surface area contributed by atoms with Crippen molar-refractivity contribution in [1.82, 2.24) is 9.97 Å². The zero-order valence-corrected chi connectivity index (χ0v) is 25.5. The molecule has 0 atom stereocenters. The minimum absolute atomic E-state index is 0.136. The fourth-order valence-electron chi connectivity index (χ4n) is 4.54. The van der Waals surface area contributed by atoms with Crippen LogP contribution in [0.4, 0.5) is 11.4 Å². The molecular weight excluding hydrogens is 605 g/mol. The lowest BCUT2D eigenvalue weighted by Crippen LogP contribution is -2.11. The van der Waals surface area contributed by atoms with Crippen LogP contribution in [0, 0.1) is 0 Å². The standard InChI is InChI=1S/C20H14N2O2S.C15H12N2O2S/c23-17-11-10-14(21-19(24)13-6-2-1-3-7-13)12-15(17)20-22-16-8-4-5-9-18(16)25-20;1-9(18)16-10-6-7-13(19)11(8-10)15-17-12-4-2-3-5-14(12)20-15/h1-12,23H,(H,21,24);2-8,19H,1H3,(H,16,18). The molecule has 45 heavy (non-hydrogen) atoms. The van der Waals surface area contributed by atoms with Crippen molar-refractivity contribution in [2.45, 2.75) is 6.92 Å². The number of nitrogens with zero attached hydrogens (tertiary/aromatic N) is 2. The number of phenols is 2. The number of hydrogen-bond donors (Lipinski definition) is 4. The van der Waals surface area contributed by atoms with Gasteiger partial charge >= 0.3 is 0 Å². The quantitative estimate of drug-likeness (QED) is 0.141. The summed E-state index contributed by atoms with van der Waals surface area (Å²) >= 11 is 3.01. The first-order valence-corrected chi connectivity index (χ1v) is 15.5. The number of carbonyl (C=O) groups is 2. The molecule has 0 unspecified atom stereocenters. The maximum atomic E-state index is 12.3. The van der Waals surface area contributed by atoms with Crippen LogP contribution in [-0.4, -0.2) is 32.0 Å². The largest absolute Gasteiger partial charge is 0.507 e. The molecule has 4 N–H and O–H groups in total. The van der Waals surface area contributed by atoms with Crippen LogP contribution in [0.2, 0.25) is 0 Å². The number of amides is 2. The van der Waals surface area contributed by atoms with Gasteiger partial charge in [0, 0.05) is 23.9 Å². The Balaban J connectivity index is 0.000000163. The maximum absolute atomic E-state index is 12.3. The van der Waals surface area contributed by atoms with Crippen molar-refractivity contribution < 1.29 is 19.8 Å². The monoisotopic (exact) mass is 630 g/mol. The third kappa shape index (κ3) is 6.82. The van der Waals surface area contributed by atoms with E-state index in [4.69, 9.17) is 0 Å². The summed E-state index contributed by atoms with van der Waals surface area (Å²) in [6, 6.07) is 34.6. The van der Waals surface area contributed by atoms with E-state index in [0.29, 0.717) is 28.1 Å². The van der Waals surface area contributed by atoms with Crippen molar-refractivity contribution >= 4 is 66.3 Å².